The van der Waals surface area contributed by atoms with Crippen LogP contribution >= 0.6 is 34.8 Å². The minimum absolute atomic E-state index is 0.0546. The van der Waals surface area contributed by atoms with E-state index in [0.717, 1.165) is 24.0 Å². The van der Waals surface area contributed by atoms with E-state index in [1.54, 1.807) is 36.4 Å². The van der Waals surface area contributed by atoms with Gasteiger partial charge in [0.15, 0.2) is 6.61 Å². The van der Waals surface area contributed by atoms with Crippen molar-refractivity contribution >= 4 is 46.6 Å². The lowest BCUT2D eigenvalue weighted by Gasteiger charge is -2.32. The Bertz CT molecular complexity index is 1180. The third-order valence-corrected chi connectivity index (χ3v) is 7.11. The molecule has 0 aliphatic rings. The smallest absolute Gasteiger partial charge is 0.261 e. The predicted octanol–water partition coefficient (Wildman–Crippen LogP) is 6.89. The summed E-state index contributed by atoms with van der Waals surface area (Å²) in [6, 6.07) is 19.2. The number of benzene rings is 3. The van der Waals surface area contributed by atoms with Gasteiger partial charge in [-0.25, -0.2) is 0 Å². The van der Waals surface area contributed by atoms with Crippen LogP contribution in [0.5, 0.6) is 5.75 Å². The van der Waals surface area contributed by atoms with Crippen LogP contribution in [0, 0.1) is 6.92 Å². The second kappa shape index (κ2) is 14.3. The van der Waals surface area contributed by atoms with Gasteiger partial charge in [0.05, 0.1) is 0 Å². The number of hydrogen-bond acceptors (Lipinski definition) is 3. The number of amides is 2. The predicted molar refractivity (Wildman–Crippen MR) is 151 cm³/mol. The van der Waals surface area contributed by atoms with E-state index < -0.39 is 6.04 Å². The minimum Gasteiger partial charge on any atom is -0.484 e. The van der Waals surface area contributed by atoms with Crippen molar-refractivity contribution in [2.45, 2.75) is 45.7 Å². The van der Waals surface area contributed by atoms with Crippen LogP contribution in [0.3, 0.4) is 0 Å². The van der Waals surface area contributed by atoms with Gasteiger partial charge in [-0.2, -0.15) is 0 Å². The Labute approximate surface area is 233 Å². The van der Waals surface area contributed by atoms with Crippen molar-refractivity contribution in [2.24, 2.45) is 0 Å². The highest BCUT2D eigenvalue weighted by atomic mass is 35.5. The Morgan fingerprint density at radius 1 is 0.946 bits per heavy atom. The summed E-state index contributed by atoms with van der Waals surface area (Å²) in [4.78, 5) is 28.6. The molecule has 1 N–H and O–H groups in total. The van der Waals surface area contributed by atoms with Crippen molar-refractivity contribution in [1.29, 1.82) is 0 Å². The standard InChI is InChI=1S/C29H31Cl3N2O3/c1-3-4-15-33-29(36)27(17-21-9-6-5-7-10-21)34(18-23-25(31)11-8-12-26(23)32)28(35)19-37-22-13-14-24(30)20(2)16-22/h5-14,16,27H,3-4,15,17-19H2,1-2H3,(H,33,36). The monoisotopic (exact) mass is 560 g/mol. The van der Waals surface area contributed by atoms with Gasteiger partial charge in [-0.3, -0.25) is 9.59 Å². The van der Waals surface area contributed by atoms with E-state index in [-0.39, 0.29) is 25.0 Å². The minimum atomic E-state index is -0.797. The molecule has 37 heavy (non-hydrogen) atoms. The molecular formula is C29H31Cl3N2O3. The average Bonchev–Trinajstić information content (AvgIpc) is 2.88. The molecule has 0 aromatic heterocycles. The molecule has 3 aromatic carbocycles. The molecule has 3 aromatic rings. The van der Waals surface area contributed by atoms with E-state index in [1.807, 2.05) is 37.3 Å². The number of nitrogens with zero attached hydrogens (tertiary/aromatic N) is 1. The molecule has 1 unspecified atom stereocenters. The second-order valence-electron chi connectivity index (χ2n) is 8.77. The first-order valence-electron chi connectivity index (χ1n) is 12.2. The van der Waals surface area contributed by atoms with Crippen molar-refractivity contribution in [3.8, 4) is 5.75 Å². The van der Waals surface area contributed by atoms with Gasteiger partial charge in [-0.05, 0) is 54.8 Å². The van der Waals surface area contributed by atoms with Gasteiger partial charge in [0, 0.05) is 40.1 Å². The summed E-state index contributed by atoms with van der Waals surface area (Å²) in [7, 11) is 0. The fourth-order valence-electron chi connectivity index (χ4n) is 3.85. The number of ether oxygens (including phenoxy) is 1. The van der Waals surface area contributed by atoms with Crippen LogP contribution in [0.25, 0.3) is 0 Å². The molecule has 2 amide bonds. The summed E-state index contributed by atoms with van der Waals surface area (Å²) in [6.45, 7) is 4.23. The highest BCUT2D eigenvalue weighted by molar-refractivity contribution is 6.36. The Morgan fingerprint density at radius 2 is 1.65 bits per heavy atom. The molecule has 5 nitrogen and oxygen atoms in total. The quantitative estimate of drug-likeness (QED) is 0.245. The number of unbranched alkanes of at least 4 members (excludes halogenated alkanes) is 1. The summed E-state index contributed by atoms with van der Waals surface area (Å²) in [5.74, 6) is -0.0932. The lowest BCUT2D eigenvalue weighted by Crippen LogP contribution is -2.52. The zero-order valence-electron chi connectivity index (χ0n) is 21.0. The average molecular weight is 562 g/mol. The van der Waals surface area contributed by atoms with Crippen molar-refractivity contribution in [3.05, 3.63) is 98.5 Å². The molecule has 0 saturated heterocycles. The fourth-order valence-corrected chi connectivity index (χ4v) is 4.48. The molecule has 0 heterocycles. The number of nitrogens with one attached hydrogen (secondary N) is 1. The Morgan fingerprint density at radius 3 is 2.30 bits per heavy atom. The van der Waals surface area contributed by atoms with Gasteiger partial charge in [-0.15, -0.1) is 0 Å². The van der Waals surface area contributed by atoms with Gasteiger partial charge in [0.2, 0.25) is 5.91 Å². The van der Waals surface area contributed by atoms with Crippen LogP contribution in [0.1, 0.15) is 36.5 Å². The lowest BCUT2D eigenvalue weighted by molar-refractivity contribution is -0.142. The van der Waals surface area contributed by atoms with E-state index in [0.29, 0.717) is 39.3 Å². The van der Waals surface area contributed by atoms with Crippen molar-refractivity contribution < 1.29 is 14.3 Å². The molecule has 1 atom stereocenters. The van der Waals surface area contributed by atoms with Gasteiger partial charge in [0.25, 0.3) is 5.91 Å². The molecule has 0 fully saturated rings. The Kier molecular flexibility index (Phi) is 11.1. The highest BCUT2D eigenvalue weighted by Gasteiger charge is 2.31. The van der Waals surface area contributed by atoms with Crippen LogP contribution in [0.15, 0.2) is 66.7 Å². The van der Waals surface area contributed by atoms with Crippen LogP contribution in [-0.4, -0.2) is 35.9 Å². The van der Waals surface area contributed by atoms with Crippen LogP contribution in [-0.2, 0) is 22.6 Å². The van der Waals surface area contributed by atoms with Crippen LogP contribution in [0.4, 0.5) is 0 Å². The maximum absolute atomic E-state index is 13.7. The molecule has 196 valence electrons. The maximum Gasteiger partial charge on any atom is 0.261 e. The Balaban J connectivity index is 1.93. The number of halogens is 3. The number of carbonyl (C=O) groups excluding carboxylic acids is 2. The largest absolute Gasteiger partial charge is 0.484 e. The molecular weight excluding hydrogens is 531 g/mol. The molecule has 0 aliphatic carbocycles. The second-order valence-corrected chi connectivity index (χ2v) is 9.99. The summed E-state index contributed by atoms with van der Waals surface area (Å²) < 4.78 is 5.81. The topological polar surface area (TPSA) is 58.6 Å². The molecule has 3 rings (SSSR count). The summed E-state index contributed by atoms with van der Waals surface area (Å²) in [5.41, 5.74) is 2.33. The number of aryl methyl sites for hydroxylation is 1. The first-order chi connectivity index (χ1) is 17.8. The zero-order valence-corrected chi connectivity index (χ0v) is 23.2. The van der Waals surface area contributed by atoms with Gasteiger partial charge < -0.3 is 15.0 Å². The third-order valence-electron chi connectivity index (χ3n) is 5.98. The number of rotatable bonds is 12. The van der Waals surface area contributed by atoms with Gasteiger partial charge in [0.1, 0.15) is 11.8 Å². The first-order valence-corrected chi connectivity index (χ1v) is 13.4. The third kappa shape index (κ3) is 8.39. The van der Waals surface area contributed by atoms with Gasteiger partial charge in [-0.1, -0.05) is 84.5 Å². The van der Waals surface area contributed by atoms with E-state index in [9.17, 15) is 9.59 Å². The van der Waals surface area contributed by atoms with Crippen LogP contribution in [0.2, 0.25) is 15.1 Å². The molecule has 0 aliphatic heterocycles. The van der Waals surface area contributed by atoms with E-state index >= 15 is 0 Å². The number of hydrogen-bond donors (Lipinski definition) is 1. The molecule has 0 bridgehead atoms. The SMILES string of the molecule is CCCCNC(=O)C(Cc1ccccc1)N(Cc1c(Cl)cccc1Cl)C(=O)COc1ccc(Cl)c(C)c1. The molecule has 8 heteroatoms. The zero-order chi connectivity index (χ0) is 26.8. The van der Waals surface area contributed by atoms with Gasteiger partial charge >= 0.3 is 0 Å². The van der Waals surface area contributed by atoms with E-state index in [4.69, 9.17) is 39.5 Å². The lowest BCUT2D eigenvalue weighted by atomic mass is 10.0. The highest BCUT2D eigenvalue weighted by Crippen LogP contribution is 2.27. The summed E-state index contributed by atoms with van der Waals surface area (Å²) in [5, 5.41) is 4.44. The first kappa shape index (κ1) is 28.8. The van der Waals surface area contributed by atoms with Crippen LogP contribution < -0.4 is 10.1 Å². The van der Waals surface area contributed by atoms with E-state index in [2.05, 4.69) is 12.2 Å². The number of carbonyl (C=O) groups is 2. The maximum atomic E-state index is 13.7. The Hall–Kier alpha value is -2.73. The molecule has 0 saturated carbocycles. The fraction of sp³-hybridized carbons (Fsp3) is 0.310. The van der Waals surface area contributed by atoms with Crippen molar-refractivity contribution in [2.75, 3.05) is 13.2 Å². The van der Waals surface area contributed by atoms with Crippen molar-refractivity contribution in [1.82, 2.24) is 10.2 Å². The summed E-state index contributed by atoms with van der Waals surface area (Å²) in [6.07, 6.45) is 2.11. The van der Waals surface area contributed by atoms with Crippen molar-refractivity contribution in [3.63, 3.8) is 0 Å². The normalized spacial score (nSPS) is 11.6. The molecule has 0 radical (unpaired) electrons. The van der Waals surface area contributed by atoms with E-state index in [1.165, 1.54) is 4.90 Å². The molecule has 0 spiro atoms. The summed E-state index contributed by atoms with van der Waals surface area (Å²) >= 11 is 19.0.